The smallest absolute Gasteiger partial charge is 0.326 e. The highest BCUT2D eigenvalue weighted by Gasteiger charge is 2.42. The number of hydrogen-bond acceptors (Lipinski definition) is 5. The van der Waals surface area contributed by atoms with Crippen molar-refractivity contribution in [3.05, 3.63) is 47.8 Å². The maximum absolute atomic E-state index is 12.7. The zero-order chi connectivity index (χ0) is 19.1. The SMILES string of the molecule is CN1C(=O)C(CC(=O)N2Cc3cnc(-c4ccccc4)nc3C2)N(C)C1=O. The quantitative estimate of drug-likeness (QED) is 0.765. The van der Waals surface area contributed by atoms with Crippen LogP contribution in [-0.4, -0.2) is 62.7 Å². The molecular formula is C19H19N5O3. The van der Waals surface area contributed by atoms with Gasteiger partial charge < -0.3 is 9.80 Å². The first-order valence-corrected chi connectivity index (χ1v) is 8.68. The number of amides is 4. The molecule has 0 N–H and O–H groups in total. The molecule has 1 aromatic carbocycles. The van der Waals surface area contributed by atoms with E-state index in [0.717, 1.165) is 21.7 Å². The van der Waals surface area contributed by atoms with Crippen molar-refractivity contribution in [1.82, 2.24) is 24.7 Å². The molecule has 138 valence electrons. The zero-order valence-electron chi connectivity index (χ0n) is 15.1. The van der Waals surface area contributed by atoms with E-state index in [1.165, 1.54) is 19.0 Å². The predicted molar refractivity (Wildman–Crippen MR) is 96.1 cm³/mol. The molecule has 1 atom stereocenters. The van der Waals surface area contributed by atoms with Crippen molar-refractivity contribution in [2.75, 3.05) is 14.1 Å². The number of fused-ring (bicyclic) bond motifs is 1. The average molecular weight is 365 g/mol. The molecule has 1 aromatic heterocycles. The molecule has 27 heavy (non-hydrogen) atoms. The Morgan fingerprint density at radius 1 is 1.15 bits per heavy atom. The first-order chi connectivity index (χ1) is 13.0. The van der Waals surface area contributed by atoms with Crippen LogP contribution in [0.3, 0.4) is 0 Å². The second-order valence-corrected chi connectivity index (χ2v) is 6.79. The van der Waals surface area contributed by atoms with Gasteiger partial charge in [-0.1, -0.05) is 30.3 Å². The lowest BCUT2D eigenvalue weighted by Gasteiger charge is -2.20. The number of benzene rings is 1. The van der Waals surface area contributed by atoms with Gasteiger partial charge in [0, 0.05) is 38.0 Å². The van der Waals surface area contributed by atoms with Gasteiger partial charge >= 0.3 is 6.03 Å². The van der Waals surface area contributed by atoms with Gasteiger partial charge in [-0.05, 0) is 0 Å². The fourth-order valence-electron chi connectivity index (χ4n) is 3.43. The van der Waals surface area contributed by atoms with E-state index >= 15 is 0 Å². The van der Waals surface area contributed by atoms with Crippen molar-refractivity contribution >= 4 is 17.8 Å². The highest BCUT2D eigenvalue weighted by Crippen LogP contribution is 2.25. The number of hydrogen-bond donors (Lipinski definition) is 0. The third kappa shape index (κ3) is 2.92. The number of nitrogens with zero attached hydrogens (tertiary/aromatic N) is 5. The van der Waals surface area contributed by atoms with E-state index in [4.69, 9.17) is 0 Å². The first kappa shape index (κ1) is 17.1. The summed E-state index contributed by atoms with van der Waals surface area (Å²) in [5.74, 6) is 0.0999. The Labute approximate surface area is 156 Å². The third-order valence-electron chi connectivity index (χ3n) is 5.08. The lowest BCUT2D eigenvalue weighted by atomic mass is 10.1. The molecule has 0 radical (unpaired) electrons. The largest absolute Gasteiger partial charge is 0.332 e. The van der Waals surface area contributed by atoms with Crippen LogP contribution in [0.2, 0.25) is 0 Å². The summed E-state index contributed by atoms with van der Waals surface area (Å²) in [6.45, 7) is 0.794. The Hall–Kier alpha value is -3.29. The summed E-state index contributed by atoms with van der Waals surface area (Å²) >= 11 is 0. The summed E-state index contributed by atoms with van der Waals surface area (Å²) in [4.78, 5) is 49.7. The van der Waals surface area contributed by atoms with E-state index in [0.29, 0.717) is 18.9 Å². The van der Waals surface area contributed by atoms with Gasteiger partial charge in [-0.25, -0.2) is 14.8 Å². The number of carbonyl (C=O) groups is 3. The molecule has 0 aliphatic carbocycles. The van der Waals surface area contributed by atoms with Crippen LogP contribution in [0.4, 0.5) is 4.79 Å². The zero-order valence-corrected chi connectivity index (χ0v) is 15.1. The van der Waals surface area contributed by atoms with Gasteiger partial charge in [-0.15, -0.1) is 0 Å². The molecule has 4 rings (SSSR count). The molecule has 8 heteroatoms. The number of aromatic nitrogens is 2. The summed E-state index contributed by atoms with van der Waals surface area (Å²) in [5.41, 5.74) is 2.64. The standard InChI is InChI=1S/C19H19N5O3/c1-22-15(18(26)23(2)19(22)27)8-16(25)24-10-13-9-20-17(21-14(13)11-24)12-6-4-3-5-7-12/h3-7,9,15H,8,10-11H2,1-2H3. The minimum atomic E-state index is -0.746. The molecule has 4 amide bonds. The molecule has 1 unspecified atom stereocenters. The van der Waals surface area contributed by atoms with Crippen molar-refractivity contribution in [2.45, 2.75) is 25.6 Å². The summed E-state index contributed by atoms with van der Waals surface area (Å²) in [5, 5.41) is 0. The van der Waals surface area contributed by atoms with Crippen molar-refractivity contribution in [3.8, 4) is 11.4 Å². The Balaban J connectivity index is 1.48. The Kier molecular flexibility index (Phi) is 4.10. The maximum atomic E-state index is 12.7. The van der Waals surface area contributed by atoms with E-state index in [2.05, 4.69) is 9.97 Å². The minimum Gasteiger partial charge on any atom is -0.332 e. The maximum Gasteiger partial charge on any atom is 0.326 e. The molecule has 2 aliphatic heterocycles. The summed E-state index contributed by atoms with van der Waals surface area (Å²) in [7, 11) is 2.97. The van der Waals surface area contributed by atoms with Crippen LogP contribution < -0.4 is 0 Å². The van der Waals surface area contributed by atoms with Crippen LogP contribution in [0.5, 0.6) is 0 Å². The highest BCUT2D eigenvalue weighted by atomic mass is 16.2. The van der Waals surface area contributed by atoms with Gasteiger partial charge in [-0.3, -0.25) is 14.5 Å². The van der Waals surface area contributed by atoms with E-state index in [-0.39, 0.29) is 24.3 Å². The van der Waals surface area contributed by atoms with Crippen LogP contribution in [-0.2, 0) is 22.7 Å². The monoisotopic (exact) mass is 365 g/mol. The molecule has 3 heterocycles. The van der Waals surface area contributed by atoms with E-state index in [1.54, 1.807) is 11.1 Å². The average Bonchev–Trinajstić information content (AvgIpc) is 3.20. The molecular weight excluding hydrogens is 346 g/mol. The summed E-state index contributed by atoms with van der Waals surface area (Å²) < 4.78 is 0. The molecule has 0 spiro atoms. The molecule has 0 bridgehead atoms. The number of imide groups is 1. The van der Waals surface area contributed by atoms with Crippen LogP contribution in [0.15, 0.2) is 36.5 Å². The van der Waals surface area contributed by atoms with Gasteiger partial charge in [0.15, 0.2) is 5.82 Å². The lowest BCUT2D eigenvalue weighted by Crippen LogP contribution is -2.37. The second-order valence-electron chi connectivity index (χ2n) is 6.79. The minimum absolute atomic E-state index is 0.0294. The topological polar surface area (TPSA) is 86.7 Å². The van der Waals surface area contributed by atoms with Gasteiger partial charge in [0.1, 0.15) is 6.04 Å². The van der Waals surface area contributed by atoms with Crippen molar-refractivity contribution < 1.29 is 14.4 Å². The fraction of sp³-hybridized carbons (Fsp3) is 0.316. The van der Waals surface area contributed by atoms with E-state index in [1.807, 2.05) is 30.3 Å². The Bertz CT molecular complexity index is 930. The Morgan fingerprint density at radius 3 is 2.56 bits per heavy atom. The molecule has 0 saturated carbocycles. The molecule has 2 aliphatic rings. The number of likely N-dealkylation sites (N-methyl/N-ethyl adjacent to an activating group) is 2. The van der Waals surface area contributed by atoms with Crippen LogP contribution in [0.25, 0.3) is 11.4 Å². The highest BCUT2D eigenvalue weighted by molar-refractivity contribution is 6.05. The van der Waals surface area contributed by atoms with Crippen molar-refractivity contribution in [2.24, 2.45) is 0 Å². The van der Waals surface area contributed by atoms with Gasteiger partial charge in [0.05, 0.1) is 18.7 Å². The Morgan fingerprint density at radius 2 is 1.89 bits per heavy atom. The summed E-state index contributed by atoms with van der Waals surface area (Å²) in [6.07, 6.45) is 1.72. The molecule has 8 nitrogen and oxygen atoms in total. The predicted octanol–water partition coefficient (Wildman–Crippen LogP) is 1.27. The number of rotatable bonds is 3. The van der Waals surface area contributed by atoms with Crippen LogP contribution in [0.1, 0.15) is 17.7 Å². The van der Waals surface area contributed by atoms with Crippen molar-refractivity contribution in [3.63, 3.8) is 0 Å². The van der Waals surface area contributed by atoms with Crippen LogP contribution in [0, 0.1) is 0 Å². The van der Waals surface area contributed by atoms with Crippen LogP contribution >= 0.6 is 0 Å². The van der Waals surface area contributed by atoms with Gasteiger partial charge in [-0.2, -0.15) is 0 Å². The molecule has 2 aromatic rings. The first-order valence-electron chi connectivity index (χ1n) is 8.68. The third-order valence-corrected chi connectivity index (χ3v) is 5.08. The summed E-state index contributed by atoms with van der Waals surface area (Å²) in [6, 6.07) is 8.53. The van der Waals surface area contributed by atoms with E-state index < -0.39 is 6.04 Å². The second kappa shape index (κ2) is 6.46. The van der Waals surface area contributed by atoms with Crippen molar-refractivity contribution in [1.29, 1.82) is 0 Å². The fourth-order valence-corrected chi connectivity index (χ4v) is 3.43. The number of carbonyl (C=O) groups excluding carboxylic acids is 3. The normalized spacial score (nSPS) is 19.0. The van der Waals surface area contributed by atoms with Gasteiger partial charge in [0.2, 0.25) is 5.91 Å². The molecule has 1 fully saturated rings. The van der Waals surface area contributed by atoms with E-state index in [9.17, 15) is 14.4 Å². The number of urea groups is 1. The lowest BCUT2D eigenvalue weighted by molar-refractivity contribution is -0.136. The molecule has 1 saturated heterocycles. The van der Waals surface area contributed by atoms with Gasteiger partial charge in [0.25, 0.3) is 5.91 Å².